The standard InChI is InChI=1S/C23H16N4O/c28-23(18-10-6-12-19-17(18)11-7-14-24-19)26-22-21(16-8-2-1-3-9-16)25-20-13-4-5-15-27(20)22/h1-15H,(H,26,28). The molecule has 3 heterocycles. The molecule has 0 unspecified atom stereocenters. The molecule has 0 radical (unpaired) electrons. The predicted octanol–water partition coefficient (Wildman–Crippen LogP) is 4.80. The van der Waals surface area contributed by atoms with Crippen molar-refractivity contribution in [1.29, 1.82) is 0 Å². The maximum Gasteiger partial charge on any atom is 0.257 e. The Hall–Kier alpha value is -3.99. The molecule has 1 N–H and O–H groups in total. The van der Waals surface area contributed by atoms with Gasteiger partial charge in [-0.25, -0.2) is 4.98 Å². The highest BCUT2D eigenvalue weighted by Gasteiger charge is 2.18. The van der Waals surface area contributed by atoms with E-state index in [4.69, 9.17) is 4.98 Å². The van der Waals surface area contributed by atoms with E-state index in [-0.39, 0.29) is 5.91 Å². The topological polar surface area (TPSA) is 59.3 Å². The normalized spacial score (nSPS) is 11.0. The van der Waals surface area contributed by atoms with E-state index in [1.54, 1.807) is 6.20 Å². The zero-order chi connectivity index (χ0) is 18.9. The van der Waals surface area contributed by atoms with Crippen molar-refractivity contribution in [2.75, 3.05) is 5.32 Å². The Bertz CT molecular complexity index is 1300. The minimum atomic E-state index is -0.193. The van der Waals surface area contributed by atoms with Crippen LogP contribution in [0, 0.1) is 0 Å². The van der Waals surface area contributed by atoms with Crippen molar-refractivity contribution in [3.8, 4) is 11.3 Å². The van der Waals surface area contributed by atoms with Gasteiger partial charge in [-0.05, 0) is 30.3 Å². The Balaban J connectivity index is 1.64. The highest BCUT2D eigenvalue weighted by atomic mass is 16.1. The van der Waals surface area contributed by atoms with Crippen LogP contribution in [0.15, 0.2) is 91.3 Å². The number of hydrogen-bond acceptors (Lipinski definition) is 3. The fourth-order valence-electron chi connectivity index (χ4n) is 3.39. The van der Waals surface area contributed by atoms with E-state index in [1.165, 1.54) is 0 Å². The molecule has 0 bridgehead atoms. The molecule has 0 fully saturated rings. The molecule has 134 valence electrons. The van der Waals surface area contributed by atoms with Crippen LogP contribution in [0.2, 0.25) is 0 Å². The van der Waals surface area contributed by atoms with Crippen LogP contribution in [-0.4, -0.2) is 20.3 Å². The molecule has 0 saturated heterocycles. The molecule has 0 atom stereocenters. The van der Waals surface area contributed by atoms with Crippen LogP contribution in [0.25, 0.3) is 27.8 Å². The quantitative estimate of drug-likeness (QED) is 0.500. The zero-order valence-corrected chi connectivity index (χ0v) is 14.9. The Kier molecular flexibility index (Phi) is 3.84. The van der Waals surface area contributed by atoms with E-state index in [2.05, 4.69) is 10.3 Å². The van der Waals surface area contributed by atoms with Gasteiger partial charge in [0.1, 0.15) is 17.2 Å². The molecular formula is C23H16N4O. The van der Waals surface area contributed by atoms with E-state index in [0.29, 0.717) is 11.4 Å². The lowest BCUT2D eigenvalue weighted by molar-refractivity contribution is 0.102. The van der Waals surface area contributed by atoms with Crippen LogP contribution in [0.1, 0.15) is 10.4 Å². The van der Waals surface area contributed by atoms with E-state index in [1.807, 2.05) is 89.5 Å². The molecule has 5 heteroatoms. The molecule has 5 nitrogen and oxygen atoms in total. The van der Waals surface area contributed by atoms with Crippen LogP contribution in [0.4, 0.5) is 5.82 Å². The number of nitrogens with one attached hydrogen (secondary N) is 1. The van der Waals surface area contributed by atoms with Crippen LogP contribution in [-0.2, 0) is 0 Å². The Morgan fingerprint density at radius 1 is 0.857 bits per heavy atom. The average Bonchev–Trinajstić information content (AvgIpc) is 3.12. The van der Waals surface area contributed by atoms with Crippen molar-refractivity contribution in [3.05, 3.63) is 96.8 Å². The lowest BCUT2D eigenvalue weighted by Crippen LogP contribution is -2.14. The lowest BCUT2D eigenvalue weighted by atomic mass is 10.1. The van der Waals surface area contributed by atoms with Crippen LogP contribution < -0.4 is 5.32 Å². The van der Waals surface area contributed by atoms with Crippen molar-refractivity contribution in [2.45, 2.75) is 0 Å². The summed E-state index contributed by atoms with van der Waals surface area (Å²) < 4.78 is 1.89. The summed E-state index contributed by atoms with van der Waals surface area (Å²) in [5.74, 6) is 0.453. The highest BCUT2D eigenvalue weighted by molar-refractivity contribution is 6.13. The summed E-state index contributed by atoms with van der Waals surface area (Å²) >= 11 is 0. The van der Waals surface area contributed by atoms with Gasteiger partial charge in [-0.1, -0.05) is 48.5 Å². The SMILES string of the molecule is O=C(Nc1c(-c2ccccc2)nc2ccccn12)c1cccc2ncccc12. The van der Waals surface area contributed by atoms with Crippen molar-refractivity contribution in [3.63, 3.8) is 0 Å². The second kappa shape index (κ2) is 6.63. The van der Waals surface area contributed by atoms with Gasteiger partial charge in [0, 0.05) is 28.9 Å². The van der Waals surface area contributed by atoms with Crippen molar-refractivity contribution < 1.29 is 4.79 Å². The molecule has 3 aromatic heterocycles. The second-order valence-electron chi connectivity index (χ2n) is 6.43. The Morgan fingerprint density at radius 3 is 2.61 bits per heavy atom. The molecule has 5 aromatic rings. The maximum absolute atomic E-state index is 13.2. The Labute approximate surface area is 161 Å². The lowest BCUT2D eigenvalue weighted by Gasteiger charge is -2.09. The summed E-state index contributed by atoms with van der Waals surface area (Å²) in [7, 11) is 0. The summed E-state index contributed by atoms with van der Waals surface area (Å²) in [5.41, 5.74) is 3.82. The third-order valence-corrected chi connectivity index (χ3v) is 4.70. The number of nitrogens with zero attached hydrogens (tertiary/aromatic N) is 3. The van der Waals surface area contributed by atoms with Gasteiger partial charge in [-0.3, -0.25) is 14.2 Å². The van der Waals surface area contributed by atoms with Crippen LogP contribution in [0.5, 0.6) is 0 Å². The molecule has 0 spiro atoms. The highest BCUT2D eigenvalue weighted by Crippen LogP contribution is 2.29. The number of aromatic nitrogens is 3. The van der Waals surface area contributed by atoms with Crippen LogP contribution >= 0.6 is 0 Å². The van der Waals surface area contributed by atoms with E-state index in [0.717, 1.165) is 27.8 Å². The summed E-state index contributed by atoms with van der Waals surface area (Å²) in [4.78, 5) is 22.2. The summed E-state index contributed by atoms with van der Waals surface area (Å²) in [6.07, 6.45) is 3.62. The van der Waals surface area contributed by atoms with Gasteiger partial charge in [0.15, 0.2) is 0 Å². The number of carbonyl (C=O) groups excluding carboxylic acids is 1. The summed E-state index contributed by atoms with van der Waals surface area (Å²) in [5, 5.41) is 3.89. The first kappa shape index (κ1) is 16.2. The molecule has 1 amide bonds. The number of carbonyl (C=O) groups is 1. The fraction of sp³-hybridized carbons (Fsp3) is 0. The van der Waals surface area contributed by atoms with E-state index < -0.39 is 0 Å². The van der Waals surface area contributed by atoms with E-state index >= 15 is 0 Å². The zero-order valence-electron chi connectivity index (χ0n) is 14.9. The third kappa shape index (κ3) is 2.70. The number of pyridine rings is 2. The van der Waals surface area contributed by atoms with Gasteiger partial charge < -0.3 is 5.32 Å². The number of rotatable bonds is 3. The largest absolute Gasteiger partial charge is 0.306 e. The number of hydrogen-bond donors (Lipinski definition) is 1. The molecule has 0 aliphatic carbocycles. The molecule has 0 saturated carbocycles. The number of benzene rings is 2. The second-order valence-corrected chi connectivity index (χ2v) is 6.43. The van der Waals surface area contributed by atoms with E-state index in [9.17, 15) is 4.79 Å². The van der Waals surface area contributed by atoms with Crippen LogP contribution in [0.3, 0.4) is 0 Å². The molecule has 28 heavy (non-hydrogen) atoms. The van der Waals surface area contributed by atoms with Gasteiger partial charge in [0.05, 0.1) is 5.52 Å². The molecule has 0 aliphatic rings. The minimum Gasteiger partial charge on any atom is -0.306 e. The van der Waals surface area contributed by atoms with Crippen molar-refractivity contribution >= 4 is 28.3 Å². The van der Waals surface area contributed by atoms with Gasteiger partial charge in [0.2, 0.25) is 0 Å². The first-order valence-electron chi connectivity index (χ1n) is 8.99. The van der Waals surface area contributed by atoms with Gasteiger partial charge in [-0.15, -0.1) is 0 Å². The number of imidazole rings is 1. The molecule has 5 rings (SSSR count). The predicted molar refractivity (Wildman–Crippen MR) is 110 cm³/mol. The van der Waals surface area contributed by atoms with Gasteiger partial charge >= 0.3 is 0 Å². The summed E-state index contributed by atoms with van der Waals surface area (Å²) in [6.45, 7) is 0. The van der Waals surface area contributed by atoms with Crippen molar-refractivity contribution in [1.82, 2.24) is 14.4 Å². The smallest absolute Gasteiger partial charge is 0.257 e. The number of amides is 1. The summed E-state index contributed by atoms with van der Waals surface area (Å²) in [6, 6.07) is 24.9. The molecular weight excluding hydrogens is 348 g/mol. The number of fused-ring (bicyclic) bond motifs is 2. The third-order valence-electron chi connectivity index (χ3n) is 4.70. The van der Waals surface area contributed by atoms with Crippen molar-refractivity contribution in [2.24, 2.45) is 0 Å². The first-order valence-corrected chi connectivity index (χ1v) is 8.99. The molecule has 2 aromatic carbocycles. The number of anilines is 1. The monoisotopic (exact) mass is 364 g/mol. The Morgan fingerprint density at radius 2 is 1.71 bits per heavy atom. The maximum atomic E-state index is 13.2. The fourth-order valence-corrected chi connectivity index (χ4v) is 3.39. The van der Waals surface area contributed by atoms with Gasteiger partial charge in [-0.2, -0.15) is 0 Å². The van der Waals surface area contributed by atoms with Gasteiger partial charge in [0.25, 0.3) is 5.91 Å². The minimum absolute atomic E-state index is 0.193. The molecule has 0 aliphatic heterocycles. The first-order chi connectivity index (χ1) is 13.8. The average molecular weight is 364 g/mol.